The van der Waals surface area contributed by atoms with Gasteiger partial charge in [-0.05, 0) is 66.6 Å². The first-order valence-corrected chi connectivity index (χ1v) is 11.9. The highest BCUT2D eigenvalue weighted by Gasteiger charge is 2.43. The number of rotatable bonds is 7. The Morgan fingerprint density at radius 1 is 1.27 bits per heavy atom. The topological polar surface area (TPSA) is 99.5 Å². The van der Waals surface area contributed by atoms with E-state index in [4.69, 9.17) is 11.6 Å². The monoisotopic (exact) mass is 530 g/mol. The SMILES string of the molecule is Cc1cc(-c2cn3nc(C(=O)NC(c4ccc(F)cc4)C(F)(F)CO)c(C4CC4)c3c(=O)[nH]2)ccc1Cl. The van der Waals surface area contributed by atoms with E-state index in [1.165, 1.54) is 4.52 Å². The third kappa shape index (κ3) is 4.74. The molecule has 2 aromatic heterocycles. The first-order chi connectivity index (χ1) is 17.6. The highest BCUT2D eigenvalue weighted by molar-refractivity contribution is 6.31. The van der Waals surface area contributed by atoms with Crippen LogP contribution in [0.5, 0.6) is 0 Å². The second-order valence-electron chi connectivity index (χ2n) is 9.17. The zero-order valence-electron chi connectivity index (χ0n) is 19.6. The predicted octanol–water partition coefficient (Wildman–Crippen LogP) is 4.77. The van der Waals surface area contributed by atoms with Gasteiger partial charge in [0, 0.05) is 10.6 Å². The lowest BCUT2D eigenvalue weighted by Gasteiger charge is -2.26. The first kappa shape index (κ1) is 25.0. The molecule has 2 heterocycles. The Morgan fingerprint density at radius 2 is 1.97 bits per heavy atom. The van der Waals surface area contributed by atoms with Crippen molar-refractivity contribution in [3.05, 3.63) is 92.2 Å². The van der Waals surface area contributed by atoms with Gasteiger partial charge in [-0.2, -0.15) is 5.10 Å². The molecule has 192 valence electrons. The number of fused-ring (bicyclic) bond motifs is 1. The number of aromatic nitrogens is 3. The minimum absolute atomic E-state index is 0.0937. The molecule has 0 aliphatic heterocycles. The zero-order chi connectivity index (χ0) is 26.5. The van der Waals surface area contributed by atoms with Crippen molar-refractivity contribution in [3.63, 3.8) is 0 Å². The van der Waals surface area contributed by atoms with E-state index in [9.17, 15) is 27.9 Å². The number of aliphatic hydroxyl groups is 1. The second kappa shape index (κ2) is 9.35. The number of hydrogen-bond donors (Lipinski definition) is 3. The van der Waals surface area contributed by atoms with Crippen molar-refractivity contribution in [2.75, 3.05) is 6.61 Å². The number of carbonyl (C=O) groups excluding carboxylic acids is 1. The average molecular weight is 531 g/mol. The smallest absolute Gasteiger partial charge is 0.294 e. The average Bonchev–Trinajstić information content (AvgIpc) is 3.63. The van der Waals surface area contributed by atoms with Gasteiger partial charge in [-0.1, -0.05) is 29.8 Å². The van der Waals surface area contributed by atoms with Gasteiger partial charge in [0.1, 0.15) is 24.0 Å². The molecule has 1 saturated carbocycles. The summed E-state index contributed by atoms with van der Waals surface area (Å²) >= 11 is 6.11. The standard InChI is InChI=1S/C26H22ClF3N4O3/c1-13-10-16(6-9-18(13)27)19-11-34-22(25(37)31-19)20(14-2-3-14)21(33-34)24(36)32-23(26(29,30)12-35)15-4-7-17(28)8-5-15/h4-11,14,23,35H,2-3,12H2,1H3,(H,31,37)(H,32,36). The molecule has 4 aromatic rings. The summed E-state index contributed by atoms with van der Waals surface area (Å²) in [6, 6.07) is 7.47. The van der Waals surface area contributed by atoms with Crippen molar-refractivity contribution in [2.24, 2.45) is 0 Å². The molecular formula is C26H22ClF3N4O3. The first-order valence-electron chi connectivity index (χ1n) is 11.6. The van der Waals surface area contributed by atoms with Gasteiger partial charge in [0.15, 0.2) is 5.69 Å². The van der Waals surface area contributed by atoms with Crippen LogP contribution in [-0.2, 0) is 0 Å². The predicted molar refractivity (Wildman–Crippen MR) is 132 cm³/mol. The number of aryl methyl sites for hydroxylation is 1. The van der Waals surface area contributed by atoms with E-state index in [-0.39, 0.29) is 22.7 Å². The van der Waals surface area contributed by atoms with Crippen molar-refractivity contribution < 1.29 is 23.1 Å². The Balaban J connectivity index is 1.58. The van der Waals surface area contributed by atoms with Crippen molar-refractivity contribution in [3.8, 4) is 11.3 Å². The molecule has 1 fully saturated rings. The molecule has 37 heavy (non-hydrogen) atoms. The fraction of sp³-hybridized carbons (Fsp3) is 0.269. The molecule has 0 radical (unpaired) electrons. The Kier molecular flexibility index (Phi) is 6.33. The van der Waals surface area contributed by atoms with Crippen LogP contribution in [0.1, 0.15) is 52.0 Å². The lowest BCUT2D eigenvalue weighted by Crippen LogP contribution is -2.43. The maximum Gasteiger partial charge on any atom is 0.294 e. The molecule has 0 spiro atoms. The number of hydrogen-bond acceptors (Lipinski definition) is 4. The molecule has 3 N–H and O–H groups in total. The van der Waals surface area contributed by atoms with E-state index in [1.54, 1.807) is 24.4 Å². The number of H-pyrrole nitrogens is 1. The third-order valence-corrected chi connectivity index (χ3v) is 6.87. The quantitative estimate of drug-likeness (QED) is 0.320. The number of nitrogens with one attached hydrogen (secondary N) is 2. The van der Waals surface area contributed by atoms with Gasteiger partial charge < -0.3 is 15.4 Å². The molecule has 1 amide bonds. The molecule has 5 rings (SSSR count). The molecule has 1 atom stereocenters. The summed E-state index contributed by atoms with van der Waals surface area (Å²) in [4.78, 5) is 29.3. The molecular weight excluding hydrogens is 509 g/mol. The molecule has 1 aliphatic carbocycles. The van der Waals surface area contributed by atoms with Crippen LogP contribution in [0.3, 0.4) is 0 Å². The molecule has 1 unspecified atom stereocenters. The van der Waals surface area contributed by atoms with Gasteiger partial charge in [-0.25, -0.2) is 17.7 Å². The summed E-state index contributed by atoms with van der Waals surface area (Å²) < 4.78 is 44.0. The van der Waals surface area contributed by atoms with Gasteiger partial charge >= 0.3 is 0 Å². The fourth-order valence-electron chi connectivity index (χ4n) is 4.37. The normalized spacial score (nSPS) is 14.6. The number of benzene rings is 2. The minimum Gasteiger partial charge on any atom is -0.390 e. The van der Waals surface area contributed by atoms with Gasteiger partial charge in [-0.3, -0.25) is 9.59 Å². The van der Waals surface area contributed by atoms with Crippen LogP contribution in [0.15, 0.2) is 53.5 Å². The van der Waals surface area contributed by atoms with Crippen LogP contribution in [0.4, 0.5) is 13.2 Å². The largest absolute Gasteiger partial charge is 0.390 e. The van der Waals surface area contributed by atoms with E-state index in [1.807, 2.05) is 6.92 Å². The highest BCUT2D eigenvalue weighted by Crippen LogP contribution is 2.43. The van der Waals surface area contributed by atoms with E-state index in [0.29, 0.717) is 34.7 Å². The van der Waals surface area contributed by atoms with Crippen molar-refractivity contribution in [1.29, 1.82) is 0 Å². The van der Waals surface area contributed by atoms with Crippen LogP contribution < -0.4 is 10.9 Å². The Hall–Kier alpha value is -3.63. The number of amides is 1. The van der Waals surface area contributed by atoms with Crippen molar-refractivity contribution in [1.82, 2.24) is 19.9 Å². The van der Waals surface area contributed by atoms with E-state index in [2.05, 4.69) is 15.4 Å². The highest BCUT2D eigenvalue weighted by atomic mass is 35.5. The van der Waals surface area contributed by atoms with Crippen LogP contribution in [0, 0.1) is 12.7 Å². The molecule has 7 nitrogen and oxygen atoms in total. The third-order valence-electron chi connectivity index (χ3n) is 6.44. The molecule has 1 aliphatic rings. The molecule has 0 saturated heterocycles. The Bertz CT molecular complexity index is 1560. The summed E-state index contributed by atoms with van der Waals surface area (Å²) in [6.07, 6.45) is 2.99. The maximum atomic E-state index is 14.7. The maximum absolute atomic E-state index is 14.7. The van der Waals surface area contributed by atoms with Crippen LogP contribution in [0.25, 0.3) is 16.8 Å². The summed E-state index contributed by atoms with van der Waals surface area (Å²) in [5.74, 6) is -5.44. The summed E-state index contributed by atoms with van der Waals surface area (Å²) in [5, 5.41) is 16.4. The lowest BCUT2D eigenvalue weighted by molar-refractivity contribution is -0.0786. The summed E-state index contributed by atoms with van der Waals surface area (Å²) in [7, 11) is 0. The zero-order valence-corrected chi connectivity index (χ0v) is 20.3. The van der Waals surface area contributed by atoms with Gasteiger partial charge in [0.25, 0.3) is 17.4 Å². The van der Waals surface area contributed by atoms with Gasteiger partial charge in [0.05, 0.1) is 11.9 Å². The molecule has 11 heteroatoms. The van der Waals surface area contributed by atoms with Crippen LogP contribution in [-0.4, -0.2) is 38.1 Å². The Morgan fingerprint density at radius 3 is 2.59 bits per heavy atom. The van der Waals surface area contributed by atoms with Crippen LogP contribution >= 0.6 is 11.6 Å². The second-order valence-corrected chi connectivity index (χ2v) is 9.57. The number of carbonyl (C=O) groups is 1. The minimum atomic E-state index is -3.75. The number of aromatic amines is 1. The van der Waals surface area contributed by atoms with Gasteiger partial charge in [-0.15, -0.1) is 0 Å². The van der Waals surface area contributed by atoms with Crippen molar-refractivity contribution in [2.45, 2.75) is 37.6 Å². The number of aliphatic hydroxyl groups excluding tert-OH is 1. The summed E-state index contributed by atoms with van der Waals surface area (Å²) in [5.41, 5.74) is 1.73. The van der Waals surface area contributed by atoms with E-state index in [0.717, 1.165) is 29.8 Å². The fourth-order valence-corrected chi connectivity index (χ4v) is 4.48. The number of halogens is 4. The van der Waals surface area contributed by atoms with E-state index >= 15 is 0 Å². The number of alkyl halides is 2. The lowest BCUT2D eigenvalue weighted by atomic mass is 10.00. The van der Waals surface area contributed by atoms with Crippen molar-refractivity contribution >= 4 is 23.0 Å². The van der Waals surface area contributed by atoms with Crippen LogP contribution in [0.2, 0.25) is 5.02 Å². The molecule has 0 bridgehead atoms. The van der Waals surface area contributed by atoms with E-state index < -0.39 is 35.9 Å². The number of nitrogens with zero attached hydrogens (tertiary/aromatic N) is 2. The molecule has 2 aromatic carbocycles. The summed E-state index contributed by atoms with van der Waals surface area (Å²) in [6.45, 7) is 0.281. The van der Waals surface area contributed by atoms with Gasteiger partial charge in [0.2, 0.25) is 0 Å². The Labute approximate surface area is 213 Å².